The highest BCUT2D eigenvalue weighted by molar-refractivity contribution is 7.93. The number of carbonyl (C=O) groups is 1. The molecule has 0 saturated carbocycles. The molecular weight excluding hydrogens is 578 g/mol. The van der Waals surface area contributed by atoms with Crippen molar-refractivity contribution in [3.05, 3.63) is 58.1 Å². The van der Waals surface area contributed by atoms with Crippen molar-refractivity contribution in [3.63, 3.8) is 0 Å². The second-order valence-electron chi connectivity index (χ2n) is 8.88. The van der Waals surface area contributed by atoms with Gasteiger partial charge in [-0.1, -0.05) is 35.3 Å². The van der Waals surface area contributed by atoms with Crippen molar-refractivity contribution >= 4 is 55.9 Å². The van der Waals surface area contributed by atoms with E-state index in [9.17, 15) is 17.6 Å². The molecule has 0 bridgehead atoms. The van der Waals surface area contributed by atoms with Crippen LogP contribution in [0.5, 0.6) is 11.5 Å². The SMILES string of the molecule is O=C(O)CC1CCN(CCCc2cccc(Cl)c2Oc2cc(F)c(S(=O)(=O)Nc3ncns3)cc2Cl)CC1. The number of aromatic nitrogens is 2. The first kappa shape index (κ1) is 28.5. The number of nitrogens with zero attached hydrogens (tertiary/aromatic N) is 3. The predicted octanol–water partition coefficient (Wildman–Crippen LogP) is 5.70. The maximum Gasteiger partial charge on any atom is 0.303 e. The van der Waals surface area contributed by atoms with Crippen molar-refractivity contribution in [2.24, 2.45) is 5.92 Å². The van der Waals surface area contributed by atoms with Crippen molar-refractivity contribution in [1.82, 2.24) is 14.3 Å². The third-order valence-corrected chi connectivity index (χ3v) is 8.87. The van der Waals surface area contributed by atoms with E-state index >= 15 is 0 Å². The average molecular weight is 604 g/mol. The number of rotatable bonds is 11. The third-order valence-electron chi connectivity index (χ3n) is 6.21. The van der Waals surface area contributed by atoms with Gasteiger partial charge in [-0.3, -0.25) is 9.52 Å². The van der Waals surface area contributed by atoms with E-state index in [1.165, 1.54) is 6.33 Å². The van der Waals surface area contributed by atoms with Gasteiger partial charge < -0.3 is 14.7 Å². The Hall–Kier alpha value is -2.51. The standard InChI is InChI=1S/C24H25Cl2FN4O5S2/c25-17-5-1-3-16(4-2-8-31-9-6-15(7-10-31)11-22(32)33)23(17)36-20-13-19(27)21(12-18(20)26)38(34,35)30-24-28-14-29-37-24/h1,3,5,12-15H,2,4,6-11H2,(H,32,33)(H,28,29,30). The molecule has 2 N–H and O–H groups in total. The number of hydrogen-bond acceptors (Lipinski definition) is 8. The van der Waals surface area contributed by atoms with E-state index in [1.807, 2.05) is 6.07 Å². The van der Waals surface area contributed by atoms with Crippen LogP contribution in [0.4, 0.5) is 9.52 Å². The number of likely N-dealkylation sites (tertiary alicyclic amines) is 1. The normalized spacial score (nSPS) is 14.9. The molecule has 2 heterocycles. The van der Waals surface area contributed by atoms with E-state index in [2.05, 4.69) is 19.0 Å². The second-order valence-corrected chi connectivity index (χ2v) is 12.1. The van der Waals surface area contributed by atoms with Gasteiger partial charge in [-0.05, 0) is 68.9 Å². The Morgan fingerprint density at radius 2 is 2.00 bits per heavy atom. The number of ether oxygens (including phenoxy) is 1. The predicted molar refractivity (Wildman–Crippen MR) is 143 cm³/mol. The van der Waals surface area contributed by atoms with Crippen LogP contribution in [0, 0.1) is 11.7 Å². The Balaban J connectivity index is 1.42. The summed E-state index contributed by atoms with van der Waals surface area (Å²) in [5, 5.41) is 9.17. The van der Waals surface area contributed by atoms with Crippen LogP contribution in [0.2, 0.25) is 10.0 Å². The highest BCUT2D eigenvalue weighted by Gasteiger charge is 2.24. The minimum absolute atomic E-state index is 0.00816. The van der Waals surface area contributed by atoms with Crippen LogP contribution in [-0.2, 0) is 21.2 Å². The van der Waals surface area contributed by atoms with Gasteiger partial charge in [0.15, 0.2) is 0 Å². The molecule has 2 aromatic carbocycles. The molecule has 4 rings (SSSR count). The van der Waals surface area contributed by atoms with Gasteiger partial charge in [0, 0.05) is 24.0 Å². The van der Waals surface area contributed by atoms with Gasteiger partial charge >= 0.3 is 5.97 Å². The molecule has 0 unspecified atom stereocenters. The van der Waals surface area contributed by atoms with Gasteiger partial charge in [-0.15, -0.1) is 0 Å². The Kier molecular flexibility index (Phi) is 9.42. The van der Waals surface area contributed by atoms with E-state index in [-0.39, 0.29) is 28.2 Å². The number of carboxylic acid groups (broad SMARTS) is 1. The third kappa shape index (κ3) is 7.32. The highest BCUT2D eigenvalue weighted by Crippen LogP contribution is 2.39. The van der Waals surface area contributed by atoms with Gasteiger partial charge in [0.25, 0.3) is 10.0 Å². The van der Waals surface area contributed by atoms with E-state index in [1.54, 1.807) is 12.1 Å². The average Bonchev–Trinajstić information content (AvgIpc) is 3.36. The van der Waals surface area contributed by atoms with Crippen molar-refractivity contribution in [2.45, 2.75) is 37.0 Å². The summed E-state index contributed by atoms with van der Waals surface area (Å²) in [5.41, 5.74) is 0.796. The summed E-state index contributed by atoms with van der Waals surface area (Å²) in [5.74, 6) is -1.34. The molecule has 0 amide bonds. The van der Waals surface area contributed by atoms with Crippen LogP contribution in [0.1, 0.15) is 31.2 Å². The molecule has 1 fully saturated rings. The summed E-state index contributed by atoms with van der Waals surface area (Å²) >= 11 is 13.5. The molecule has 0 atom stereocenters. The van der Waals surface area contributed by atoms with Gasteiger partial charge in [0.05, 0.1) is 10.0 Å². The van der Waals surface area contributed by atoms with Crippen molar-refractivity contribution in [1.29, 1.82) is 0 Å². The molecule has 0 aliphatic carbocycles. The monoisotopic (exact) mass is 602 g/mol. The van der Waals surface area contributed by atoms with Crippen molar-refractivity contribution < 1.29 is 27.4 Å². The number of sulfonamides is 1. The minimum atomic E-state index is -4.29. The summed E-state index contributed by atoms with van der Waals surface area (Å²) in [6.45, 7) is 2.54. The molecular formula is C24H25Cl2FN4O5S2. The molecule has 1 saturated heterocycles. The number of benzene rings is 2. The fourth-order valence-electron chi connectivity index (χ4n) is 4.31. The number of aryl methyl sites for hydroxylation is 1. The number of piperidine rings is 1. The Morgan fingerprint density at radius 1 is 1.24 bits per heavy atom. The molecule has 3 aromatic rings. The molecule has 0 spiro atoms. The van der Waals surface area contributed by atoms with E-state index < -0.39 is 26.7 Å². The first-order chi connectivity index (χ1) is 18.1. The number of aliphatic carboxylic acids is 1. The number of hydrogen-bond donors (Lipinski definition) is 2. The molecule has 1 aromatic heterocycles. The van der Waals surface area contributed by atoms with Crippen LogP contribution >= 0.6 is 34.7 Å². The van der Waals surface area contributed by atoms with Crippen molar-refractivity contribution in [3.8, 4) is 11.5 Å². The molecule has 38 heavy (non-hydrogen) atoms. The topological polar surface area (TPSA) is 122 Å². The fraction of sp³-hybridized carbons (Fsp3) is 0.375. The fourth-order valence-corrected chi connectivity index (χ4v) is 6.56. The lowest BCUT2D eigenvalue weighted by atomic mass is 9.93. The first-order valence-electron chi connectivity index (χ1n) is 11.8. The van der Waals surface area contributed by atoms with Gasteiger partial charge in [-0.2, -0.15) is 4.37 Å². The molecule has 0 radical (unpaired) electrons. The molecule has 9 nitrogen and oxygen atoms in total. The first-order valence-corrected chi connectivity index (χ1v) is 14.8. The minimum Gasteiger partial charge on any atom is -0.481 e. The van der Waals surface area contributed by atoms with Crippen LogP contribution in [0.3, 0.4) is 0 Å². The van der Waals surface area contributed by atoms with Crippen molar-refractivity contribution in [2.75, 3.05) is 24.4 Å². The summed E-state index contributed by atoms with van der Waals surface area (Å²) in [6.07, 6.45) is 4.55. The largest absolute Gasteiger partial charge is 0.481 e. The van der Waals surface area contributed by atoms with E-state index in [0.29, 0.717) is 17.2 Å². The maximum atomic E-state index is 14.9. The molecule has 1 aliphatic heterocycles. The zero-order chi connectivity index (χ0) is 27.3. The lowest BCUT2D eigenvalue weighted by Crippen LogP contribution is -2.35. The maximum absolute atomic E-state index is 14.9. The van der Waals surface area contributed by atoms with Crippen LogP contribution < -0.4 is 9.46 Å². The van der Waals surface area contributed by atoms with Crippen LogP contribution in [-0.4, -0.2) is 53.4 Å². The van der Waals surface area contributed by atoms with Gasteiger partial charge in [-0.25, -0.2) is 17.8 Å². The number of carboxylic acids is 1. The summed E-state index contributed by atoms with van der Waals surface area (Å²) in [6, 6.07) is 7.17. The van der Waals surface area contributed by atoms with Crippen LogP contribution in [0.15, 0.2) is 41.6 Å². The second kappa shape index (κ2) is 12.6. The van der Waals surface area contributed by atoms with Gasteiger partial charge in [0.2, 0.25) is 5.13 Å². The Bertz CT molecular complexity index is 1380. The zero-order valence-electron chi connectivity index (χ0n) is 20.1. The Morgan fingerprint density at radius 3 is 2.68 bits per heavy atom. The van der Waals surface area contributed by atoms with Crippen LogP contribution in [0.25, 0.3) is 0 Å². The number of nitrogens with one attached hydrogen (secondary N) is 1. The molecule has 14 heteroatoms. The smallest absolute Gasteiger partial charge is 0.303 e. The van der Waals surface area contributed by atoms with E-state index in [4.69, 9.17) is 33.0 Å². The highest BCUT2D eigenvalue weighted by atomic mass is 35.5. The summed E-state index contributed by atoms with van der Waals surface area (Å²) < 4.78 is 51.9. The number of anilines is 1. The zero-order valence-corrected chi connectivity index (χ0v) is 23.2. The number of para-hydroxylation sites is 1. The molecule has 1 aliphatic rings. The molecule has 204 valence electrons. The van der Waals surface area contributed by atoms with Gasteiger partial charge in [0.1, 0.15) is 28.5 Å². The Labute approximate surface area is 233 Å². The number of halogens is 3. The summed E-state index contributed by atoms with van der Waals surface area (Å²) in [7, 11) is -4.29. The summed E-state index contributed by atoms with van der Waals surface area (Å²) in [4.78, 5) is 16.3. The van der Waals surface area contributed by atoms with E-state index in [0.717, 1.165) is 68.1 Å². The lowest BCUT2D eigenvalue weighted by molar-refractivity contribution is -0.138. The lowest BCUT2D eigenvalue weighted by Gasteiger charge is -2.31. The quantitative estimate of drug-likeness (QED) is 0.287.